The minimum atomic E-state index is -0.0883. The molecule has 24 heavy (non-hydrogen) atoms. The van der Waals surface area contributed by atoms with Crippen molar-refractivity contribution >= 4 is 5.69 Å². The minimum Gasteiger partial charge on any atom is -0.494 e. The lowest BCUT2D eigenvalue weighted by Crippen LogP contribution is -2.06. The molecule has 0 fully saturated rings. The Balaban J connectivity index is 1.69. The molecule has 0 aliphatic heterocycles. The fraction of sp³-hybridized carbons (Fsp3) is 0.263. The maximum Gasteiger partial charge on any atom is 0.247 e. The summed E-state index contributed by atoms with van der Waals surface area (Å²) in [6, 6.07) is 15.7. The molecule has 0 saturated heterocycles. The fourth-order valence-electron chi connectivity index (χ4n) is 2.35. The summed E-state index contributed by atoms with van der Waals surface area (Å²) in [6.45, 7) is 6.66. The normalized spacial score (nSPS) is 12.0. The van der Waals surface area contributed by atoms with Gasteiger partial charge in [0.05, 0.1) is 6.61 Å². The van der Waals surface area contributed by atoms with E-state index in [-0.39, 0.29) is 6.04 Å². The van der Waals surface area contributed by atoms with Crippen molar-refractivity contribution < 1.29 is 9.15 Å². The van der Waals surface area contributed by atoms with Crippen LogP contribution < -0.4 is 10.1 Å². The van der Waals surface area contributed by atoms with Crippen LogP contribution in [0.2, 0.25) is 0 Å². The third kappa shape index (κ3) is 3.74. The number of hydrogen-bond donors (Lipinski definition) is 1. The summed E-state index contributed by atoms with van der Waals surface area (Å²) in [7, 11) is 0. The van der Waals surface area contributed by atoms with Crippen LogP contribution in [-0.4, -0.2) is 16.8 Å². The Morgan fingerprint density at radius 1 is 1.04 bits per heavy atom. The molecule has 0 unspecified atom stereocenters. The summed E-state index contributed by atoms with van der Waals surface area (Å²) in [4.78, 5) is 0. The van der Waals surface area contributed by atoms with Gasteiger partial charge in [-0.1, -0.05) is 17.7 Å². The lowest BCUT2D eigenvalue weighted by atomic mass is 10.1. The van der Waals surface area contributed by atoms with E-state index in [1.807, 2.05) is 69.3 Å². The molecule has 124 valence electrons. The van der Waals surface area contributed by atoms with Gasteiger partial charge >= 0.3 is 0 Å². The maximum absolute atomic E-state index is 5.80. The number of hydrogen-bond acceptors (Lipinski definition) is 5. The second-order valence-corrected chi connectivity index (χ2v) is 5.63. The van der Waals surface area contributed by atoms with E-state index in [9.17, 15) is 0 Å². The summed E-state index contributed by atoms with van der Waals surface area (Å²) in [5.41, 5.74) is 3.10. The monoisotopic (exact) mass is 323 g/mol. The number of benzene rings is 2. The summed E-state index contributed by atoms with van der Waals surface area (Å²) < 4.78 is 11.2. The molecule has 0 aliphatic rings. The molecular formula is C19H21N3O2. The molecule has 5 heteroatoms. The number of aromatic nitrogens is 2. The van der Waals surface area contributed by atoms with Crippen LogP contribution in [-0.2, 0) is 0 Å². The van der Waals surface area contributed by atoms with E-state index in [1.165, 1.54) is 5.56 Å². The number of nitrogens with one attached hydrogen (secondary N) is 1. The van der Waals surface area contributed by atoms with Crippen molar-refractivity contribution in [2.45, 2.75) is 26.8 Å². The van der Waals surface area contributed by atoms with Gasteiger partial charge in [0.1, 0.15) is 11.8 Å². The van der Waals surface area contributed by atoms with Crippen LogP contribution >= 0.6 is 0 Å². The van der Waals surface area contributed by atoms with Gasteiger partial charge in [-0.2, -0.15) is 0 Å². The molecule has 1 aromatic heterocycles. The van der Waals surface area contributed by atoms with E-state index >= 15 is 0 Å². The Labute approximate surface area is 141 Å². The summed E-state index contributed by atoms with van der Waals surface area (Å²) in [5.74, 6) is 1.94. The summed E-state index contributed by atoms with van der Waals surface area (Å²) >= 11 is 0. The first-order valence-corrected chi connectivity index (χ1v) is 8.05. The Kier molecular flexibility index (Phi) is 4.79. The van der Waals surface area contributed by atoms with Crippen LogP contribution in [0.3, 0.4) is 0 Å². The van der Waals surface area contributed by atoms with Crippen molar-refractivity contribution in [1.82, 2.24) is 10.2 Å². The van der Waals surface area contributed by atoms with Crippen molar-refractivity contribution in [3.8, 4) is 17.2 Å². The molecule has 0 saturated carbocycles. The highest BCUT2D eigenvalue weighted by atomic mass is 16.5. The zero-order chi connectivity index (χ0) is 16.9. The zero-order valence-corrected chi connectivity index (χ0v) is 14.1. The van der Waals surface area contributed by atoms with Crippen LogP contribution in [0, 0.1) is 6.92 Å². The van der Waals surface area contributed by atoms with Gasteiger partial charge in [-0.15, -0.1) is 10.2 Å². The molecule has 3 aromatic rings. The Morgan fingerprint density at radius 2 is 1.75 bits per heavy atom. The first-order valence-electron chi connectivity index (χ1n) is 8.05. The topological polar surface area (TPSA) is 60.2 Å². The van der Waals surface area contributed by atoms with E-state index < -0.39 is 0 Å². The molecule has 2 aromatic carbocycles. The van der Waals surface area contributed by atoms with E-state index in [2.05, 4.69) is 15.5 Å². The maximum atomic E-state index is 5.80. The van der Waals surface area contributed by atoms with Gasteiger partial charge in [0.25, 0.3) is 0 Å². The average Bonchev–Trinajstić information content (AvgIpc) is 3.08. The third-order valence-corrected chi connectivity index (χ3v) is 3.66. The number of rotatable bonds is 6. The number of anilines is 1. The molecule has 5 nitrogen and oxygen atoms in total. The average molecular weight is 323 g/mol. The molecule has 0 bridgehead atoms. The molecule has 3 rings (SSSR count). The molecule has 1 N–H and O–H groups in total. The first kappa shape index (κ1) is 16.1. The zero-order valence-electron chi connectivity index (χ0n) is 14.1. The van der Waals surface area contributed by atoms with Crippen LogP contribution in [0.15, 0.2) is 52.9 Å². The Hall–Kier alpha value is -2.82. The van der Waals surface area contributed by atoms with Gasteiger partial charge < -0.3 is 14.5 Å². The van der Waals surface area contributed by atoms with E-state index in [4.69, 9.17) is 9.15 Å². The van der Waals surface area contributed by atoms with Crippen molar-refractivity contribution in [3.63, 3.8) is 0 Å². The fourth-order valence-corrected chi connectivity index (χ4v) is 2.35. The van der Waals surface area contributed by atoms with Crippen molar-refractivity contribution in [2.24, 2.45) is 0 Å². The van der Waals surface area contributed by atoms with E-state index in [0.29, 0.717) is 18.4 Å². The molecule has 0 amide bonds. The smallest absolute Gasteiger partial charge is 0.247 e. The predicted molar refractivity (Wildman–Crippen MR) is 94.1 cm³/mol. The lowest BCUT2D eigenvalue weighted by Gasteiger charge is -2.12. The SMILES string of the molecule is CCOc1ccc(N[C@@H](C)c2nnc(-c3ccc(C)cc3)o2)cc1. The molecule has 1 heterocycles. The highest BCUT2D eigenvalue weighted by Crippen LogP contribution is 2.24. The van der Waals surface area contributed by atoms with Gasteiger partial charge in [-0.05, 0) is 57.2 Å². The van der Waals surface area contributed by atoms with Gasteiger partial charge in [0, 0.05) is 11.3 Å². The molecule has 1 atom stereocenters. The van der Waals surface area contributed by atoms with Crippen molar-refractivity contribution in [1.29, 1.82) is 0 Å². The third-order valence-electron chi connectivity index (χ3n) is 3.66. The number of nitrogens with zero attached hydrogens (tertiary/aromatic N) is 2. The number of aryl methyl sites for hydroxylation is 1. The largest absolute Gasteiger partial charge is 0.494 e. The van der Waals surface area contributed by atoms with Gasteiger partial charge in [-0.3, -0.25) is 0 Å². The molecular weight excluding hydrogens is 302 g/mol. The summed E-state index contributed by atoms with van der Waals surface area (Å²) in [5, 5.41) is 11.6. The van der Waals surface area contributed by atoms with Crippen molar-refractivity contribution in [3.05, 3.63) is 60.0 Å². The quantitative estimate of drug-likeness (QED) is 0.717. The van der Waals surface area contributed by atoms with Gasteiger partial charge in [-0.25, -0.2) is 0 Å². The second-order valence-electron chi connectivity index (χ2n) is 5.63. The standard InChI is InChI=1S/C19H21N3O2/c1-4-23-17-11-9-16(10-12-17)20-14(3)18-21-22-19(24-18)15-7-5-13(2)6-8-15/h5-12,14,20H,4H2,1-3H3/t14-/m0/s1. The highest BCUT2D eigenvalue weighted by Gasteiger charge is 2.15. The first-order chi connectivity index (χ1) is 11.7. The van der Waals surface area contributed by atoms with Crippen LogP contribution in [0.1, 0.15) is 31.3 Å². The Bertz CT molecular complexity index is 779. The predicted octanol–water partition coefficient (Wildman–Crippen LogP) is 4.62. The Morgan fingerprint density at radius 3 is 2.42 bits per heavy atom. The van der Waals surface area contributed by atoms with Crippen LogP contribution in [0.25, 0.3) is 11.5 Å². The van der Waals surface area contributed by atoms with Crippen molar-refractivity contribution in [2.75, 3.05) is 11.9 Å². The van der Waals surface area contributed by atoms with Gasteiger partial charge in [0.2, 0.25) is 11.8 Å². The number of ether oxygens (including phenoxy) is 1. The molecule has 0 radical (unpaired) electrons. The molecule has 0 spiro atoms. The van der Waals surface area contributed by atoms with E-state index in [1.54, 1.807) is 0 Å². The minimum absolute atomic E-state index is 0.0883. The van der Waals surface area contributed by atoms with Crippen LogP contribution in [0.4, 0.5) is 5.69 Å². The summed E-state index contributed by atoms with van der Waals surface area (Å²) in [6.07, 6.45) is 0. The molecule has 0 aliphatic carbocycles. The highest BCUT2D eigenvalue weighted by molar-refractivity contribution is 5.53. The van der Waals surface area contributed by atoms with E-state index in [0.717, 1.165) is 17.0 Å². The lowest BCUT2D eigenvalue weighted by molar-refractivity contribution is 0.340. The van der Waals surface area contributed by atoms with Gasteiger partial charge in [0.15, 0.2) is 0 Å². The second kappa shape index (κ2) is 7.17. The van der Waals surface area contributed by atoms with Crippen LogP contribution in [0.5, 0.6) is 5.75 Å².